The van der Waals surface area contributed by atoms with Crippen molar-refractivity contribution in [3.8, 4) is 11.5 Å². The SMILES string of the molecule is CCC(CCC(C)C1CCC2C3=CCC4CC(OC(=O)C=Cc5ccc(O)c(OC)c5)CCC4(C)C3CCC21C)C(C)C. The number of carbonyl (C=O) groups excluding carboxylic acids is 1. The number of phenolic OH excluding ortho intramolecular Hbond substituents is 1. The lowest BCUT2D eigenvalue weighted by Crippen LogP contribution is -2.50. The normalized spacial score (nSPS) is 35.1. The summed E-state index contributed by atoms with van der Waals surface area (Å²) in [6, 6.07) is 5.05. The van der Waals surface area contributed by atoms with Crippen LogP contribution in [0.4, 0.5) is 0 Å². The first-order chi connectivity index (χ1) is 20.5. The van der Waals surface area contributed by atoms with E-state index in [0.717, 1.165) is 60.8 Å². The van der Waals surface area contributed by atoms with E-state index in [1.807, 2.05) is 5.57 Å². The summed E-state index contributed by atoms with van der Waals surface area (Å²) in [5.41, 5.74) is 3.40. The molecule has 0 spiro atoms. The lowest BCUT2D eigenvalue weighted by atomic mass is 9.47. The van der Waals surface area contributed by atoms with Gasteiger partial charge in [0, 0.05) is 6.08 Å². The molecule has 9 unspecified atom stereocenters. The van der Waals surface area contributed by atoms with Gasteiger partial charge < -0.3 is 14.6 Å². The third-order valence-electron chi connectivity index (χ3n) is 13.2. The van der Waals surface area contributed by atoms with Crippen LogP contribution < -0.4 is 4.74 Å². The van der Waals surface area contributed by atoms with Gasteiger partial charge in [-0.15, -0.1) is 0 Å². The summed E-state index contributed by atoms with van der Waals surface area (Å²) in [5.74, 6) is 5.59. The second-order valence-electron chi connectivity index (χ2n) is 15.5. The molecule has 4 heteroatoms. The standard InChI is InChI=1S/C39H58O4/c1-8-28(25(2)3)12-9-26(4)32-15-16-33-31-14-13-29-24-30(19-21-38(29,5)34(31)20-22-39(32,33)6)43-37(41)18-11-27-10-17-35(40)36(23-27)42-7/h10-11,14,17-18,23,25-26,28-30,32-34,40H,8-9,12-13,15-16,19-22,24H2,1-7H3. The lowest BCUT2D eigenvalue weighted by molar-refractivity contribution is -0.148. The molecule has 0 radical (unpaired) electrons. The number of hydrogen-bond acceptors (Lipinski definition) is 4. The molecule has 3 saturated carbocycles. The summed E-state index contributed by atoms with van der Waals surface area (Å²) in [6.07, 6.45) is 19.7. The van der Waals surface area contributed by atoms with Crippen molar-refractivity contribution in [3.05, 3.63) is 41.5 Å². The highest BCUT2D eigenvalue weighted by molar-refractivity contribution is 5.87. The molecule has 1 N–H and O–H groups in total. The van der Waals surface area contributed by atoms with Crippen LogP contribution in [0.5, 0.6) is 11.5 Å². The van der Waals surface area contributed by atoms with Gasteiger partial charge in [-0.3, -0.25) is 0 Å². The van der Waals surface area contributed by atoms with E-state index in [0.29, 0.717) is 28.4 Å². The van der Waals surface area contributed by atoms with E-state index in [4.69, 9.17) is 9.47 Å². The predicted molar refractivity (Wildman–Crippen MR) is 176 cm³/mol. The van der Waals surface area contributed by atoms with Gasteiger partial charge in [0.1, 0.15) is 6.10 Å². The number of ether oxygens (including phenoxy) is 2. The Labute approximate surface area is 261 Å². The van der Waals surface area contributed by atoms with E-state index >= 15 is 0 Å². The zero-order valence-electron chi connectivity index (χ0n) is 28.0. The Morgan fingerprint density at radius 2 is 1.79 bits per heavy atom. The highest BCUT2D eigenvalue weighted by atomic mass is 16.5. The van der Waals surface area contributed by atoms with Crippen LogP contribution >= 0.6 is 0 Å². The van der Waals surface area contributed by atoms with E-state index in [1.54, 1.807) is 24.3 Å². The first-order valence-electron chi connectivity index (χ1n) is 17.5. The fourth-order valence-electron chi connectivity index (χ4n) is 10.4. The van der Waals surface area contributed by atoms with Crippen molar-refractivity contribution in [1.82, 2.24) is 0 Å². The van der Waals surface area contributed by atoms with Gasteiger partial charge in [-0.25, -0.2) is 4.79 Å². The zero-order chi connectivity index (χ0) is 30.9. The molecule has 0 amide bonds. The van der Waals surface area contributed by atoms with E-state index in [2.05, 4.69) is 47.6 Å². The Bertz CT molecular complexity index is 1200. The largest absolute Gasteiger partial charge is 0.504 e. The van der Waals surface area contributed by atoms with Crippen molar-refractivity contribution in [1.29, 1.82) is 0 Å². The Hall–Kier alpha value is -2.23. The number of rotatable bonds is 10. The van der Waals surface area contributed by atoms with Crippen LogP contribution in [0.25, 0.3) is 6.08 Å². The maximum atomic E-state index is 12.8. The minimum absolute atomic E-state index is 0.0112. The molecule has 1 aromatic rings. The Kier molecular flexibility index (Phi) is 9.74. The number of allylic oxidation sites excluding steroid dienone is 2. The topological polar surface area (TPSA) is 55.8 Å². The molecule has 0 aliphatic heterocycles. The van der Waals surface area contributed by atoms with Gasteiger partial charge in [-0.2, -0.15) is 0 Å². The molecule has 0 heterocycles. The van der Waals surface area contributed by atoms with Crippen LogP contribution in [0.3, 0.4) is 0 Å². The molecule has 0 bridgehead atoms. The molecule has 0 aromatic heterocycles. The second kappa shape index (κ2) is 13.0. The van der Waals surface area contributed by atoms with Crippen LogP contribution in [0.15, 0.2) is 35.9 Å². The molecule has 4 nitrogen and oxygen atoms in total. The fraction of sp³-hybridized carbons (Fsp3) is 0.718. The number of esters is 1. The maximum Gasteiger partial charge on any atom is 0.331 e. The van der Waals surface area contributed by atoms with Gasteiger partial charge in [0.05, 0.1) is 7.11 Å². The van der Waals surface area contributed by atoms with Crippen LogP contribution in [-0.2, 0) is 9.53 Å². The summed E-state index contributed by atoms with van der Waals surface area (Å²) < 4.78 is 11.2. The van der Waals surface area contributed by atoms with E-state index in [-0.39, 0.29) is 17.8 Å². The molecule has 9 atom stereocenters. The highest BCUT2D eigenvalue weighted by Gasteiger charge is 2.58. The first kappa shape index (κ1) is 32.2. The second-order valence-corrected chi connectivity index (χ2v) is 15.5. The number of methoxy groups -OCH3 is 1. The van der Waals surface area contributed by atoms with Crippen molar-refractivity contribution < 1.29 is 19.4 Å². The monoisotopic (exact) mass is 590 g/mol. The average Bonchev–Trinajstić information content (AvgIpc) is 3.34. The molecule has 43 heavy (non-hydrogen) atoms. The van der Waals surface area contributed by atoms with E-state index < -0.39 is 0 Å². The van der Waals surface area contributed by atoms with Gasteiger partial charge >= 0.3 is 5.97 Å². The molecule has 238 valence electrons. The van der Waals surface area contributed by atoms with E-state index in [9.17, 15) is 9.90 Å². The van der Waals surface area contributed by atoms with Gasteiger partial charge in [-0.1, -0.05) is 72.1 Å². The quantitative estimate of drug-likeness (QED) is 0.167. The maximum absolute atomic E-state index is 12.8. The van der Waals surface area contributed by atoms with Gasteiger partial charge in [0.15, 0.2) is 11.5 Å². The number of carbonyl (C=O) groups is 1. The summed E-state index contributed by atoms with van der Waals surface area (Å²) in [5, 5.41) is 9.82. The van der Waals surface area contributed by atoms with Crippen molar-refractivity contribution in [3.63, 3.8) is 0 Å². The van der Waals surface area contributed by atoms with Crippen molar-refractivity contribution in [2.24, 2.45) is 52.3 Å². The van der Waals surface area contributed by atoms with Crippen molar-refractivity contribution in [2.75, 3.05) is 7.11 Å². The minimum atomic E-state index is -0.286. The van der Waals surface area contributed by atoms with Crippen LogP contribution in [0, 0.1) is 52.3 Å². The summed E-state index contributed by atoms with van der Waals surface area (Å²) in [4.78, 5) is 12.8. The summed E-state index contributed by atoms with van der Waals surface area (Å²) in [7, 11) is 1.52. The predicted octanol–water partition coefficient (Wildman–Crippen LogP) is 10.0. The Morgan fingerprint density at radius 1 is 1.05 bits per heavy atom. The molecule has 4 aliphatic rings. The smallest absolute Gasteiger partial charge is 0.331 e. The van der Waals surface area contributed by atoms with Crippen LogP contribution in [0.2, 0.25) is 0 Å². The Morgan fingerprint density at radius 3 is 2.51 bits per heavy atom. The molecule has 1 aromatic carbocycles. The fourth-order valence-corrected chi connectivity index (χ4v) is 10.4. The number of aromatic hydroxyl groups is 1. The number of benzene rings is 1. The third kappa shape index (κ3) is 6.32. The summed E-state index contributed by atoms with van der Waals surface area (Å²) in [6.45, 7) is 15.0. The number of hydrogen-bond donors (Lipinski definition) is 1. The van der Waals surface area contributed by atoms with Crippen LogP contribution in [0.1, 0.15) is 118 Å². The third-order valence-corrected chi connectivity index (χ3v) is 13.2. The summed E-state index contributed by atoms with van der Waals surface area (Å²) >= 11 is 0. The van der Waals surface area contributed by atoms with E-state index in [1.165, 1.54) is 58.1 Å². The lowest BCUT2D eigenvalue weighted by Gasteiger charge is -2.58. The average molecular weight is 591 g/mol. The molecule has 3 fully saturated rings. The van der Waals surface area contributed by atoms with Crippen LogP contribution in [-0.4, -0.2) is 24.3 Å². The first-order valence-corrected chi connectivity index (χ1v) is 17.5. The Balaban J connectivity index is 1.20. The van der Waals surface area contributed by atoms with Gasteiger partial charge in [0.25, 0.3) is 0 Å². The molecule has 5 rings (SSSR count). The highest BCUT2D eigenvalue weighted by Crippen LogP contribution is 2.67. The number of phenols is 1. The molecule has 4 aliphatic carbocycles. The minimum Gasteiger partial charge on any atom is -0.504 e. The van der Waals surface area contributed by atoms with Crippen molar-refractivity contribution >= 4 is 12.0 Å². The van der Waals surface area contributed by atoms with Crippen molar-refractivity contribution in [2.45, 2.75) is 118 Å². The molecular weight excluding hydrogens is 532 g/mol. The molecular formula is C39H58O4. The van der Waals surface area contributed by atoms with Gasteiger partial charge in [0.2, 0.25) is 0 Å². The molecule has 0 saturated heterocycles. The van der Waals surface area contributed by atoms with Gasteiger partial charge in [-0.05, 0) is 134 Å². The number of fused-ring (bicyclic) bond motifs is 5. The zero-order valence-corrected chi connectivity index (χ0v) is 28.0.